The van der Waals surface area contributed by atoms with Gasteiger partial charge in [-0.3, -0.25) is 0 Å². The molecule has 0 spiro atoms. The zero-order valence-corrected chi connectivity index (χ0v) is 7.95. The van der Waals surface area contributed by atoms with Crippen LogP contribution in [0.1, 0.15) is 9.67 Å². The van der Waals surface area contributed by atoms with Crippen molar-refractivity contribution in [2.45, 2.75) is 4.90 Å². The Labute approximate surface area is 78.6 Å². The van der Waals surface area contributed by atoms with Crippen molar-refractivity contribution in [1.82, 2.24) is 0 Å². The molecule has 3 nitrogen and oxygen atoms in total. The zero-order valence-electron chi connectivity index (χ0n) is 6.32. The second-order valence-electron chi connectivity index (χ2n) is 2.09. The van der Waals surface area contributed by atoms with Crippen LogP contribution in [0.15, 0.2) is 16.3 Å². The van der Waals surface area contributed by atoms with Crippen molar-refractivity contribution in [3.63, 3.8) is 0 Å². The van der Waals surface area contributed by atoms with Crippen LogP contribution in [0.2, 0.25) is 0 Å². The summed E-state index contributed by atoms with van der Waals surface area (Å²) in [6.45, 7) is 0.614. The van der Waals surface area contributed by atoms with E-state index in [2.05, 4.69) is 0 Å². The lowest BCUT2D eigenvalue weighted by Crippen LogP contribution is -2.00. The summed E-state index contributed by atoms with van der Waals surface area (Å²) in [5.41, 5.74) is 5.31. The molecule has 1 heterocycles. The van der Waals surface area contributed by atoms with Gasteiger partial charge in [0.2, 0.25) is 0 Å². The topological polar surface area (TPSA) is 63.3 Å². The Morgan fingerprint density at radius 3 is 3.00 bits per heavy atom. The Kier molecular flexibility index (Phi) is 3.58. The van der Waals surface area contributed by atoms with Crippen molar-refractivity contribution in [2.75, 3.05) is 12.3 Å². The van der Waals surface area contributed by atoms with Crippen molar-refractivity contribution < 1.29 is 9.90 Å². The van der Waals surface area contributed by atoms with Crippen LogP contribution in [0.3, 0.4) is 0 Å². The minimum absolute atomic E-state index is 0.384. The van der Waals surface area contributed by atoms with Crippen LogP contribution in [-0.2, 0) is 0 Å². The van der Waals surface area contributed by atoms with Gasteiger partial charge in [0.15, 0.2) is 0 Å². The average Bonchev–Trinajstić information content (AvgIpc) is 2.48. The number of hydrogen-bond acceptors (Lipinski definition) is 4. The predicted octanol–water partition coefficient (Wildman–Crippen LogP) is 1.50. The third-order valence-electron chi connectivity index (χ3n) is 1.17. The van der Waals surface area contributed by atoms with Crippen LogP contribution in [0.25, 0.3) is 0 Å². The maximum Gasteiger partial charge on any atom is 0.345 e. The van der Waals surface area contributed by atoms with E-state index in [1.807, 2.05) is 5.38 Å². The second kappa shape index (κ2) is 4.49. The molecule has 0 aromatic carbocycles. The van der Waals surface area contributed by atoms with Crippen LogP contribution in [0, 0.1) is 0 Å². The van der Waals surface area contributed by atoms with Gasteiger partial charge in [-0.1, -0.05) is 0 Å². The number of rotatable bonds is 4. The van der Waals surface area contributed by atoms with Gasteiger partial charge in [0, 0.05) is 22.6 Å². The van der Waals surface area contributed by atoms with Crippen LogP contribution < -0.4 is 5.73 Å². The molecule has 1 aromatic rings. The number of carboxylic acids is 1. The molecule has 1 rings (SSSR count). The molecular formula is C7H9NO2S2. The molecule has 0 aliphatic heterocycles. The largest absolute Gasteiger partial charge is 0.477 e. The monoisotopic (exact) mass is 203 g/mol. The van der Waals surface area contributed by atoms with E-state index in [0.717, 1.165) is 10.6 Å². The smallest absolute Gasteiger partial charge is 0.345 e. The van der Waals surface area contributed by atoms with E-state index in [0.29, 0.717) is 11.4 Å². The lowest BCUT2D eigenvalue weighted by molar-refractivity contribution is 0.0702. The molecule has 0 atom stereocenters. The van der Waals surface area contributed by atoms with E-state index in [1.165, 1.54) is 11.3 Å². The van der Waals surface area contributed by atoms with E-state index in [9.17, 15) is 4.79 Å². The molecule has 12 heavy (non-hydrogen) atoms. The standard InChI is InChI=1S/C7H9NO2S2/c8-1-2-11-5-3-6(7(9)10)12-4-5/h3-4H,1-2,8H2,(H,9,10). The molecule has 0 saturated carbocycles. The maximum atomic E-state index is 10.5. The number of carbonyl (C=O) groups is 1. The first-order valence-corrected chi connectivity index (χ1v) is 5.25. The Morgan fingerprint density at radius 2 is 2.50 bits per heavy atom. The molecule has 0 radical (unpaired) electrons. The first kappa shape index (κ1) is 9.57. The van der Waals surface area contributed by atoms with Crippen LogP contribution in [0.5, 0.6) is 0 Å². The highest BCUT2D eigenvalue weighted by Crippen LogP contribution is 2.24. The summed E-state index contributed by atoms with van der Waals surface area (Å²) < 4.78 is 0. The Hall–Kier alpha value is -0.520. The summed E-state index contributed by atoms with van der Waals surface area (Å²) in [4.78, 5) is 11.8. The normalized spacial score (nSPS) is 10.1. The van der Waals surface area contributed by atoms with Gasteiger partial charge in [-0.05, 0) is 6.07 Å². The van der Waals surface area contributed by atoms with Gasteiger partial charge in [-0.15, -0.1) is 23.1 Å². The Morgan fingerprint density at radius 1 is 1.75 bits per heavy atom. The fourth-order valence-electron chi connectivity index (χ4n) is 0.683. The molecule has 5 heteroatoms. The van der Waals surface area contributed by atoms with Gasteiger partial charge in [-0.2, -0.15) is 0 Å². The SMILES string of the molecule is NCCSc1csc(C(=O)O)c1. The third kappa shape index (κ3) is 2.51. The van der Waals surface area contributed by atoms with Gasteiger partial charge < -0.3 is 10.8 Å². The first-order valence-electron chi connectivity index (χ1n) is 3.38. The van der Waals surface area contributed by atoms with E-state index in [1.54, 1.807) is 17.8 Å². The highest BCUT2D eigenvalue weighted by molar-refractivity contribution is 7.99. The zero-order chi connectivity index (χ0) is 8.97. The first-order chi connectivity index (χ1) is 5.74. The Bertz CT molecular complexity index is 272. The molecule has 0 saturated heterocycles. The van der Waals surface area contributed by atoms with Crippen LogP contribution >= 0.6 is 23.1 Å². The molecule has 0 bridgehead atoms. The number of carboxylic acid groups (broad SMARTS) is 1. The fourth-order valence-corrected chi connectivity index (χ4v) is 2.34. The van der Waals surface area contributed by atoms with Gasteiger partial charge in [0.25, 0.3) is 0 Å². The molecule has 0 fully saturated rings. The third-order valence-corrected chi connectivity index (χ3v) is 3.25. The fraction of sp³-hybridized carbons (Fsp3) is 0.286. The van der Waals surface area contributed by atoms with Crippen molar-refractivity contribution >= 4 is 29.1 Å². The van der Waals surface area contributed by atoms with Crippen molar-refractivity contribution in [3.8, 4) is 0 Å². The van der Waals surface area contributed by atoms with Crippen molar-refractivity contribution in [1.29, 1.82) is 0 Å². The quantitative estimate of drug-likeness (QED) is 0.728. The van der Waals surface area contributed by atoms with Crippen LogP contribution in [-0.4, -0.2) is 23.4 Å². The number of nitrogens with two attached hydrogens (primary N) is 1. The number of thiophene rings is 1. The van der Waals surface area contributed by atoms with Gasteiger partial charge in [-0.25, -0.2) is 4.79 Å². The number of thioether (sulfide) groups is 1. The minimum atomic E-state index is -0.861. The van der Waals surface area contributed by atoms with Gasteiger partial charge >= 0.3 is 5.97 Å². The summed E-state index contributed by atoms with van der Waals surface area (Å²) in [5.74, 6) is -0.0323. The molecule has 0 unspecified atom stereocenters. The molecule has 0 aliphatic carbocycles. The molecule has 1 aromatic heterocycles. The number of hydrogen-bond donors (Lipinski definition) is 2. The molecule has 0 aliphatic rings. The van der Waals surface area contributed by atoms with Gasteiger partial charge in [0.1, 0.15) is 4.88 Å². The Balaban J connectivity index is 2.58. The summed E-state index contributed by atoms with van der Waals surface area (Å²) in [5, 5.41) is 10.4. The summed E-state index contributed by atoms with van der Waals surface area (Å²) in [7, 11) is 0. The molecule has 66 valence electrons. The lowest BCUT2D eigenvalue weighted by Gasteiger charge is -1.91. The predicted molar refractivity (Wildman–Crippen MR) is 51.1 cm³/mol. The lowest BCUT2D eigenvalue weighted by atomic mass is 10.5. The maximum absolute atomic E-state index is 10.5. The molecule has 0 amide bonds. The molecule has 3 N–H and O–H groups in total. The number of aromatic carboxylic acids is 1. The van der Waals surface area contributed by atoms with E-state index >= 15 is 0 Å². The summed E-state index contributed by atoms with van der Waals surface area (Å²) >= 11 is 2.83. The summed E-state index contributed by atoms with van der Waals surface area (Å²) in [6, 6.07) is 1.67. The van der Waals surface area contributed by atoms with E-state index < -0.39 is 5.97 Å². The van der Waals surface area contributed by atoms with Crippen LogP contribution in [0.4, 0.5) is 0 Å². The summed E-state index contributed by atoms with van der Waals surface area (Å²) in [6.07, 6.45) is 0. The average molecular weight is 203 g/mol. The minimum Gasteiger partial charge on any atom is -0.477 e. The van der Waals surface area contributed by atoms with Crippen molar-refractivity contribution in [3.05, 3.63) is 16.3 Å². The van der Waals surface area contributed by atoms with E-state index in [-0.39, 0.29) is 0 Å². The molecular weight excluding hydrogens is 194 g/mol. The highest BCUT2D eigenvalue weighted by atomic mass is 32.2. The van der Waals surface area contributed by atoms with Crippen molar-refractivity contribution in [2.24, 2.45) is 5.73 Å². The highest BCUT2D eigenvalue weighted by Gasteiger charge is 2.05. The second-order valence-corrected chi connectivity index (χ2v) is 4.17. The van der Waals surface area contributed by atoms with Gasteiger partial charge in [0.05, 0.1) is 0 Å². The van der Waals surface area contributed by atoms with E-state index in [4.69, 9.17) is 10.8 Å².